The molecule has 0 spiro atoms. The number of nitrogens with two attached hydrogens (primary N) is 1. The van der Waals surface area contributed by atoms with Crippen LogP contribution in [-0.2, 0) is 9.53 Å². The van der Waals surface area contributed by atoms with Gasteiger partial charge in [0.1, 0.15) is 0 Å². The summed E-state index contributed by atoms with van der Waals surface area (Å²) in [7, 11) is 0. The summed E-state index contributed by atoms with van der Waals surface area (Å²) in [6.07, 6.45) is 4.40. The molecule has 0 heterocycles. The van der Waals surface area contributed by atoms with Crippen molar-refractivity contribution in [3.63, 3.8) is 0 Å². The number of rotatable bonds is 13. The minimum absolute atomic E-state index is 0.211. The Balaban J connectivity index is 2.94. The summed E-state index contributed by atoms with van der Waals surface area (Å²) in [6, 6.07) is 0. The Labute approximate surface area is 103 Å². The average molecular weight is 244 g/mol. The largest absolute Gasteiger partial charge is 0.388 e. The second kappa shape index (κ2) is 12.9. The summed E-state index contributed by atoms with van der Waals surface area (Å²) in [5.41, 5.74) is 5.21. The predicted octanol–water partition coefficient (Wildman–Crippen LogP) is -0.165. The first kappa shape index (κ1) is 15.9. The summed E-state index contributed by atoms with van der Waals surface area (Å²) in [5.74, 6) is 0.211. The van der Waals surface area contributed by atoms with Gasteiger partial charge in [-0.1, -0.05) is 0 Å². The van der Waals surface area contributed by atoms with Crippen LogP contribution in [0.1, 0.15) is 25.7 Å². The number of hydrogen-bond acceptors (Lipinski definition) is 4. The van der Waals surface area contributed by atoms with E-state index in [9.17, 15) is 4.79 Å². The molecule has 0 unspecified atom stereocenters. The standard InChI is InChI=1S/C11H24N4O2/c12-11(13)4-6-14-7-9-17-8-3-1-2-5-15-10-16/h10,14H,1-9H2,(H3,12,13)(H,15,16). The van der Waals surface area contributed by atoms with Gasteiger partial charge in [0.05, 0.1) is 12.4 Å². The monoisotopic (exact) mass is 244 g/mol. The molecule has 5 N–H and O–H groups in total. The zero-order chi connectivity index (χ0) is 12.8. The minimum atomic E-state index is 0.211. The lowest BCUT2D eigenvalue weighted by atomic mass is 10.2. The molecule has 0 saturated heterocycles. The van der Waals surface area contributed by atoms with E-state index in [1.54, 1.807) is 0 Å². The predicted molar refractivity (Wildman–Crippen MR) is 68.1 cm³/mol. The Morgan fingerprint density at radius 2 is 2.00 bits per heavy atom. The van der Waals surface area contributed by atoms with Crippen molar-refractivity contribution in [3.8, 4) is 0 Å². The number of carbonyl (C=O) groups is 1. The van der Waals surface area contributed by atoms with Crippen LogP contribution in [0.25, 0.3) is 0 Å². The van der Waals surface area contributed by atoms with Crippen LogP contribution in [0.15, 0.2) is 0 Å². The maximum atomic E-state index is 9.94. The van der Waals surface area contributed by atoms with Crippen molar-refractivity contribution in [3.05, 3.63) is 0 Å². The third-order valence-corrected chi connectivity index (χ3v) is 2.19. The van der Waals surface area contributed by atoms with Gasteiger partial charge in [0.25, 0.3) is 0 Å². The molecule has 0 aliphatic heterocycles. The van der Waals surface area contributed by atoms with E-state index in [1.165, 1.54) is 0 Å². The molecule has 0 aliphatic rings. The summed E-state index contributed by atoms with van der Waals surface area (Å²) in [5, 5.41) is 12.8. The van der Waals surface area contributed by atoms with Gasteiger partial charge in [-0.25, -0.2) is 0 Å². The lowest BCUT2D eigenvalue weighted by Gasteiger charge is -2.05. The number of nitrogens with one attached hydrogen (secondary N) is 3. The van der Waals surface area contributed by atoms with Crippen LogP contribution < -0.4 is 16.4 Å². The van der Waals surface area contributed by atoms with Crippen LogP contribution in [0.5, 0.6) is 0 Å². The lowest BCUT2D eigenvalue weighted by Crippen LogP contribution is -2.25. The molecule has 0 aliphatic carbocycles. The molecular formula is C11H24N4O2. The van der Waals surface area contributed by atoms with Gasteiger partial charge in [-0.3, -0.25) is 10.2 Å². The van der Waals surface area contributed by atoms with Crippen LogP contribution in [0.2, 0.25) is 0 Å². The molecule has 6 nitrogen and oxygen atoms in total. The van der Waals surface area contributed by atoms with Gasteiger partial charge in [0, 0.05) is 32.7 Å². The van der Waals surface area contributed by atoms with E-state index in [0.717, 1.165) is 51.9 Å². The van der Waals surface area contributed by atoms with Crippen LogP contribution in [0, 0.1) is 5.41 Å². The molecule has 0 radical (unpaired) electrons. The quantitative estimate of drug-likeness (QED) is 0.156. The minimum Gasteiger partial charge on any atom is -0.388 e. The van der Waals surface area contributed by atoms with Crippen LogP contribution in [0.4, 0.5) is 0 Å². The maximum Gasteiger partial charge on any atom is 0.207 e. The highest BCUT2D eigenvalue weighted by Gasteiger charge is 1.92. The van der Waals surface area contributed by atoms with Gasteiger partial charge in [0.15, 0.2) is 0 Å². The van der Waals surface area contributed by atoms with Crippen LogP contribution in [0.3, 0.4) is 0 Å². The molecule has 0 aromatic carbocycles. The Morgan fingerprint density at radius 1 is 1.18 bits per heavy atom. The second-order valence-corrected chi connectivity index (χ2v) is 3.77. The fraction of sp³-hybridized carbons (Fsp3) is 0.818. The summed E-state index contributed by atoms with van der Waals surface area (Å²) < 4.78 is 5.41. The zero-order valence-corrected chi connectivity index (χ0v) is 10.3. The molecule has 0 rings (SSSR count). The van der Waals surface area contributed by atoms with Gasteiger partial charge >= 0.3 is 0 Å². The molecular weight excluding hydrogens is 220 g/mol. The fourth-order valence-electron chi connectivity index (χ4n) is 1.26. The van der Waals surface area contributed by atoms with E-state index in [2.05, 4.69) is 10.6 Å². The van der Waals surface area contributed by atoms with Crippen LogP contribution >= 0.6 is 0 Å². The van der Waals surface area contributed by atoms with E-state index >= 15 is 0 Å². The molecule has 1 amide bonds. The van der Waals surface area contributed by atoms with Gasteiger partial charge < -0.3 is 21.1 Å². The van der Waals surface area contributed by atoms with E-state index in [4.69, 9.17) is 15.9 Å². The highest BCUT2D eigenvalue weighted by Crippen LogP contribution is 1.94. The summed E-state index contributed by atoms with van der Waals surface area (Å²) in [4.78, 5) is 9.94. The first-order chi connectivity index (χ1) is 8.27. The molecule has 100 valence electrons. The molecule has 6 heteroatoms. The number of carbonyl (C=O) groups excluding carboxylic acids is 1. The molecule has 17 heavy (non-hydrogen) atoms. The van der Waals surface area contributed by atoms with E-state index in [1.807, 2.05) is 0 Å². The van der Waals surface area contributed by atoms with Crippen molar-refractivity contribution in [2.45, 2.75) is 25.7 Å². The highest BCUT2D eigenvalue weighted by molar-refractivity contribution is 5.76. The third-order valence-electron chi connectivity index (χ3n) is 2.19. The molecule has 0 bridgehead atoms. The van der Waals surface area contributed by atoms with Crippen molar-refractivity contribution in [2.24, 2.45) is 5.73 Å². The fourth-order valence-corrected chi connectivity index (χ4v) is 1.26. The van der Waals surface area contributed by atoms with Crippen molar-refractivity contribution in [1.29, 1.82) is 5.41 Å². The summed E-state index contributed by atoms with van der Waals surface area (Å²) >= 11 is 0. The number of hydrogen-bond donors (Lipinski definition) is 4. The molecule has 0 atom stereocenters. The second-order valence-electron chi connectivity index (χ2n) is 3.77. The Bertz CT molecular complexity index is 200. The Hall–Kier alpha value is -1.14. The molecule has 0 aromatic rings. The van der Waals surface area contributed by atoms with E-state index in [0.29, 0.717) is 13.0 Å². The summed E-state index contributed by atoms with van der Waals surface area (Å²) in [6.45, 7) is 3.71. The SMILES string of the molecule is N=C(N)CCNCCOCCCCCNC=O. The number of unbranched alkanes of at least 4 members (excludes halogenated alkanes) is 2. The van der Waals surface area contributed by atoms with E-state index < -0.39 is 0 Å². The van der Waals surface area contributed by atoms with Crippen molar-refractivity contribution < 1.29 is 9.53 Å². The van der Waals surface area contributed by atoms with Gasteiger partial charge in [-0.15, -0.1) is 0 Å². The number of ether oxygens (including phenoxy) is 1. The Kier molecular flexibility index (Phi) is 12.1. The van der Waals surface area contributed by atoms with Crippen molar-refractivity contribution in [2.75, 3.05) is 32.8 Å². The first-order valence-electron chi connectivity index (χ1n) is 6.05. The number of amidine groups is 1. The first-order valence-corrected chi connectivity index (χ1v) is 6.05. The molecule has 0 saturated carbocycles. The molecule has 0 aromatic heterocycles. The number of amides is 1. The van der Waals surface area contributed by atoms with E-state index in [-0.39, 0.29) is 5.84 Å². The lowest BCUT2D eigenvalue weighted by molar-refractivity contribution is -0.109. The van der Waals surface area contributed by atoms with Crippen molar-refractivity contribution >= 4 is 12.2 Å². The van der Waals surface area contributed by atoms with Gasteiger partial charge in [-0.05, 0) is 19.3 Å². The van der Waals surface area contributed by atoms with Gasteiger partial charge in [-0.2, -0.15) is 0 Å². The maximum absolute atomic E-state index is 9.94. The highest BCUT2D eigenvalue weighted by atomic mass is 16.5. The van der Waals surface area contributed by atoms with Crippen molar-refractivity contribution in [1.82, 2.24) is 10.6 Å². The van der Waals surface area contributed by atoms with Gasteiger partial charge in [0.2, 0.25) is 6.41 Å². The Morgan fingerprint density at radius 3 is 2.71 bits per heavy atom. The normalized spacial score (nSPS) is 10.1. The van der Waals surface area contributed by atoms with Crippen LogP contribution in [-0.4, -0.2) is 45.1 Å². The third kappa shape index (κ3) is 14.9. The molecule has 0 fully saturated rings. The smallest absolute Gasteiger partial charge is 0.207 e. The topological polar surface area (TPSA) is 100 Å². The average Bonchev–Trinajstić information content (AvgIpc) is 2.30. The zero-order valence-electron chi connectivity index (χ0n) is 10.3.